The summed E-state index contributed by atoms with van der Waals surface area (Å²) in [5, 5.41) is 8.38. The first-order chi connectivity index (χ1) is 11.6. The van der Waals surface area contributed by atoms with Crippen molar-refractivity contribution in [2.75, 3.05) is 0 Å². The van der Waals surface area contributed by atoms with Crippen molar-refractivity contribution < 1.29 is 13.9 Å². The van der Waals surface area contributed by atoms with Gasteiger partial charge < -0.3 is 9.15 Å². The zero-order valence-electron chi connectivity index (χ0n) is 12.1. The molecular weight excluding hydrogens is 351 g/mol. The maximum atomic E-state index is 11.9. The zero-order valence-corrected chi connectivity index (χ0v) is 13.7. The van der Waals surface area contributed by atoms with Crippen LogP contribution < -0.4 is 4.74 Å². The molecule has 3 aromatic rings. The van der Waals surface area contributed by atoms with Gasteiger partial charge in [0.15, 0.2) is 0 Å². The minimum atomic E-state index is -0.522. The van der Waals surface area contributed by atoms with Crippen LogP contribution in [0.4, 0.5) is 0 Å². The summed E-state index contributed by atoms with van der Waals surface area (Å²) >= 11 is 11.9. The Morgan fingerprint density at radius 1 is 1.12 bits per heavy atom. The Balaban J connectivity index is 1.65. The van der Waals surface area contributed by atoms with E-state index in [2.05, 4.69) is 10.2 Å². The van der Waals surface area contributed by atoms with Crippen LogP contribution in [0.2, 0.25) is 10.0 Å². The van der Waals surface area contributed by atoms with Gasteiger partial charge in [0.1, 0.15) is 5.75 Å². The van der Waals surface area contributed by atoms with Crippen molar-refractivity contribution >= 4 is 35.2 Å². The number of esters is 1. The third-order valence-corrected chi connectivity index (χ3v) is 3.60. The van der Waals surface area contributed by atoms with E-state index in [0.29, 0.717) is 27.2 Å². The smallest absolute Gasteiger partial charge is 0.336 e. The lowest BCUT2D eigenvalue weighted by molar-refractivity contribution is -0.128. The van der Waals surface area contributed by atoms with Gasteiger partial charge in [0.2, 0.25) is 12.3 Å². The van der Waals surface area contributed by atoms with Gasteiger partial charge in [0.05, 0.1) is 0 Å². The van der Waals surface area contributed by atoms with E-state index >= 15 is 0 Å². The molecule has 0 saturated carbocycles. The van der Waals surface area contributed by atoms with E-state index in [1.165, 1.54) is 12.5 Å². The van der Waals surface area contributed by atoms with Crippen molar-refractivity contribution in [1.82, 2.24) is 10.2 Å². The first-order valence-corrected chi connectivity index (χ1v) is 7.59. The van der Waals surface area contributed by atoms with Crippen molar-refractivity contribution in [3.05, 3.63) is 70.5 Å². The fourth-order valence-corrected chi connectivity index (χ4v) is 2.38. The quantitative estimate of drug-likeness (QED) is 0.384. The van der Waals surface area contributed by atoms with Gasteiger partial charge >= 0.3 is 5.97 Å². The summed E-state index contributed by atoms with van der Waals surface area (Å²) in [4.78, 5) is 11.9. The van der Waals surface area contributed by atoms with Crippen LogP contribution in [0.5, 0.6) is 5.75 Å². The highest BCUT2D eigenvalue weighted by molar-refractivity contribution is 6.35. The third-order valence-electron chi connectivity index (χ3n) is 3.04. The zero-order chi connectivity index (χ0) is 16.9. The molecule has 7 heteroatoms. The van der Waals surface area contributed by atoms with E-state index < -0.39 is 5.97 Å². The van der Waals surface area contributed by atoms with Crippen LogP contribution in [-0.2, 0) is 4.79 Å². The van der Waals surface area contributed by atoms with Gasteiger partial charge in [0.25, 0.3) is 0 Å². The summed E-state index contributed by atoms with van der Waals surface area (Å²) in [6.07, 6.45) is 4.10. The first-order valence-electron chi connectivity index (χ1n) is 6.83. The molecule has 0 saturated heterocycles. The van der Waals surface area contributed by atoms with E-state index in [1.54, 1.807) is 48.5 Å². The second-order valence-electron chi connectivity index (χ2n) is 4.69. The molecule has 0 aliphatic carbocycles. The monoisotopic (exact) mass is 360 g/mol. The number of nitrogens with zero attached hydrogens (tertiary/aromatic N) is 2. The minimum Gasteiger partial charge on any atom is -0.423 e. The van der Waals surface area contributed by atoms with Crippen LogP contribution in [0, 0.1) is 0 Å². The molecule has 0 aliphatic rings. The Kier molecular flexibility index (Phi) is 4.93. The number of ether oxygens (including phenoxy) is 1. The summed E-state index contributed by atoms with van der Waals surface area (Å²) in [5.74, 6) is 0.270. The number of hydrogen-bond acceptors (Lipinski definition) is 5. The molecule has 5 nitrogen and oxygen atoms in total. The fraction of sp³-hybridized carbons (Fsp3) is 0. The molecule has 3 rings (SSSR count). The Morgan fingerprint density at radius 2 is 1.92 bits per heavy atom. The van der Waals surface area contributed by atoms with Gasteiger partial charge in [0, 0.05) is 21.7 Å². The van der Waals surface area contributed by atoms with Gasteiger partial charge in [-0.1, -0.05) is 29.3 Å². The molecule has 0 atom stereocenters. The first kappa shape index (κ1) is 16.2. The van der Waals surface area contributed by atoms with Gasteiger partial charge in [-0.05, 0) is 48.0 Å². The summed E-state index contributed by atoms with van der Waals surface area (Å²) in [6.45, 7) is 0. The number of hydrogen-bond donors (Lipinski definition) is 0. The average Bonchev–Trinajstić information content (AvgIpc) is 3.09. The number of carbonyl (C=O) groups excluding carboxylic acids is 1. The number of rotatable bonds is 4. The molecule has 0 aliphatic heterocycles. The molecular formula is C17H10Cl2N2O3. The van der Waals surface area contributed by atoms with Crippen molar-refractivity contribution in [1.29, 1.82) is 0 Å². The van der Waals surface area contributed by atoms with Gasteiger partial charge in [-0.2, -0.15) is 0 Å². The van der Waals surface area contributed by atoms with Crippen LogP contribution in [0.1, 0.15) is 5.56 Å². The Labute approximate surface area is 147 Å². The van der Waals surface area contributed by atoms with Crippen molar-refractivity contribution in [3.8, 4) is 17.2 Å². The molecule has 0 radical (unpaired) electrons. The lowest BCUT2D eigenvalue weighted by Crippen LogP contribution is -2.03. The third kappa shape index (κ3) is 4.01. The number of carbonyl (C=O) groups is 1. The normalized spacial score (nSPS) is 10.9. The molecule has 0 N–H and O–H groups in total. The number of aromatic nitrogens is 2. The topological polar surface area (TPSA) is 65.2 Å². The fourth-order valence-electron chi connectivity index (χ4n) is 1.91. The Bertz CT molecular complexity index is 875. The lowest BCUT2D eigenvalue weighted by atomic mass is 10.2. The van der Waals surface area contributed by atoms with Crippen LogP contribution in [0.15, 0.2) is 59.4 Å². The SMILES string of the molecule is O=C(/C=C/c1ccc(Cl)cc1Cl)Oc1ccc(-c2nnco2)cc1. The van der Waals surface area contributed by atoms with E-state index in [4.69, 9.17) is 32.4 Å². The van der Waals surface area contributed by atoms with Gasteiger partial charge in [-0.15, -0.1) is 10.2 Å². The summed E-state index contributed by atoms with van der Waals surface area (Å²) < 4.78 is 10.3. The second kappa shape index (κ2) is 7.29. The predicted molar refractivity (Wildman–Crippen MR) is 90.9 cm³/mol. The van der Waals surface area contributed by atoms with E-state index in [-0.39, 0.29) is 0 Å². The van der Waals surface area contributed by atoms with Crippen molar-refractivity contribution in [3.63, 3.8) is 0 Å². The molecule has 1 aromatic heterocycles. The standard InChI is InChI=1S/C17H10Cl2N2O3/c18-13-5-1-11(15(19)9-13)4-8-16(22)24-14-6-2-12(3-7-14)17-21-20-10-23-17/h1-10H/b8-4+. The van der Waals surface area contributed by atoms with E-state index in [9.17, 15) is 4.79 Å². The molecule has 24 heavy (non-hydrogen) atoms. The van der Waals surface area contributed by atoms with Crippen molar-refractivity contribution in [2.24, 2.45) is 0 Å². The average molecular weight is 361 g/mol. The Hall–Kier alpha value is -2.63. The minimum absolute atomic E-state index is 0.394. The maximum Gasteiger partial charge on any atom is 0.336 e. The van der Waals surface area contributed by atoms with Gasteiger partial charge in [-0.3, -0.25) is 0 Å². The molecule has 2 aromatic carbocycles. The molecule has 1 heterocycles. The molecule has 0 fully saturated rings. The molecule has 0 unspecified atom stereocenters. The lowest BCUT2D eigenvalue weighted by Gasteiger charge is -2.02. The molecule has 0 bridgehead atoms. The van der Waals surface area contributed by atoms with E-state index in [0.717, 1.165) is 5.56 Å². The van der Waals surface area contributed by atoms with E-state index in [1.807, 2.05) is 0 Å². The van der Waals surface area contributed by atoms with Crippen LogP contribution in [0.3, 0.4) is 0 Å². The maximum absolute atomic E-state index is 11.9. The van der Waals surface area contributed by atoms with Crippen LogP contribution in [-0.4, -0.2) is 16.2 Å². The number of benzene rings is 2. The largest absolute Gasteiger partial charge is 0.423 e. The Morgan fingerprint density at radius 3 is 2.58 bits per heavy atom. The highest BCUT2D eigenvalue weighted by Crippen LogP contribution is 2.23. The van der Waals surface area contributed by atoms with Gasteiger partial charge in [-0.25, -0.2) is 4.79 Å². The molecule has 0 spiro atoms. The predicted octanol–water partition coefficient (Wildman–Crippen LogP) is 4.66. The highest BCUT2D eigenvalue weighted by Gasteiger charge is 2.06. The highest BCUT2D eigenvalue weighted by atomic mass is 35.5. The summed E-state index contributed by atoms with van der Waals surface area (Å²) in [6, 6.07) is 11.7. The summed E-state index contributed by atoms with van der Waals surface area (Å²) in [7, 11) is 0. The molecule has 120 valence electrons. The molecule has 0 amide bonds. The summed E-state index contributed by atoms with van der Waals surface area (Å²) in [5.41, 5.74) is 1.40. The van der Waals surface area contributed by atoms with Crippen LogP contribution >= 0.6 is 23.2 Å². The van der Waals surface area contributed by atoms with Crippen molar-refractivity contribution in [2.45, 2.75) is 0 Å². The number of halogens is 2. The van der Waals surface area contributed by atoms with Crippen LogP contribution in [0.25, 0.3) is 17.5 Å². The second-order valence-corrected chi connectivity index (χ2v) is 5.53.